The average Bonchev–Trinajstić information content (AvgIpc) is 3.18. The maximum absolute atomic E-state index is 13.4. The summed E-state index contributed by atoms with van der Waals surface area (Å²) in [4.78, 5) is 20.2. The summed E-state index contributed by atoms with van der Waals surface area (Å²) in [7, 11) is 2.20. The van der Waals surface area contributed by atoms with E-state index in [1.165, 1.54) is 29.2 Å². The minimum Gasteiger partial charge on any atom is -0.342 e. The lowest BCUT2D eigenvalue weighted by Crippen LogP contribution is -2.46. The van der Waals surface area contributed by atoms with E-state index in [9.17, 15) is 4.79 Å². The molecule has 1 N–H and O–H groups in total. The van der Waals surface area contributed by atoms with Crippen LogP contribution in [0.1, 0.15) is 38.7 Å². The molecule has 2 aromatic carbocycles. The maximum Gasteiger partial charge on any atom is 0.239 e. The van der Waals surface area contributed by atoms with Crippen molar-refractivity contribution in [2.24, 2.45) is 0 Å². The Bertz CT molecular complexity index is 873. The van der Waals surface area contributed by atoms with Gasteiger partial charge in [0.1, 0.15) is 0 Å². The molecule has 2 fully saturated rings. The van der Waals surface area contributed by atoms with Gasteiger partial charge in [-0.05, 0) is 75.6 Å². The molecule has 0 saturated carbocycles. The number of likely N-dealkylation sites (N-methyl/N-ethyl adjacent to an activating group) is 1. The normalized spacial score (nSPS) is 23.5. The van der Waals surface area contributed by atoms with Gasteiger partial charge in [-0.25, -0.2) is 0 Å². The lowest BCUT2D eigenvalue weighted by Gasteiger charge is -2.31. The summed E-state index contributed by atoms with van der Waals surface area (Å²) in [6.07, 6.45) is 3.31. The van der Waals surface area contributed by atoms with Gasteiger partial charge in [-0.3, -0.25) is 9.69 Å². The quantitative estimate of drug-likeness (QED) is 0.743. The zero-order valence-electron chi connectivity index (χ0n) is 19.4. The number of nitrogens with one attached hydrogen (secondary N) is 1. The van der Waals surface area contributed by atoms with E-state index in [2.05, 4.69) is 78.5 Å². The van der Waals surface area contributed by atoms with Crippen LogP contribution >= 0.6 is 0 Å². The van der Waals surface area contributed by atoms with Gasteiger partial charge in [0, 0.05) is 38.3 Å². The van der Waals surface area contributed by atoms with Crippen molar-refractivity contribution in [2.75, 3.05) is 39.8 Å². The van der Waals surface area contributed by atoms with Crippen LogP contribution < -0.4 is 5.32 Å². The van der Waals surface area contributed by atoms with Crippen molar-refractivity contribution in [2.45, 2.75) is 57.8 Å². The predicted octanol–water partition coefficient (Wildman–Crippen LogP) is 3.33. The van der Waals surface area contributed by atoms with Crippen LogP contribution in [0.4, 0.5) is 0 Å². The fourth-order valence-electron chi connectivity index (χ4n) is 5.28. The Morgan fingerprint density at radius 1 is 1.03 bits per heavy atom. The second-order valence-electron chi connectivity index (χ2n) is 9.31. The standard InChI is InChI=1S/C26H38N4O/c1-4-29(5-2)26(31)25-17-24(27-23-12-14-28(3)15-13-23)19-30(25)18-20-10-11-21-8-6-7-9-22(21)16-20/h6-11,16,23-25,27H,4-5,12-15,17-19H2,1-3H3/t24-,25-/m0/s1. The SMILES string of the molecule is CCN(CC)C(=O)[C@@H]1C[C@H](NC2CCN(C)CC2)CN1Cc1ccc2ccccc2c1. The molecule has 2 atom stereocenters. The molecule has 2 aliphatic rings. The molecule has 2 aliphatic heterocycles. The molecule has 2 aromatic rings. The Morgan fingerprint density at radius 2 is 1.74 bits per heavy atom. The van der Waals surface area contributed by atoms with E-state index in [-0.39, 0.29) is 6.04 Å². The zero-order valence-corrected chi connectivity index (χ0v) is 19.4. The first-order chi connectivity index (χ1) is 15.1. The molecule has 0 aliphatic carbocycles. The van der Waals surface area contributed by atoms with E-state index >= 15 is 0 Å². The lowest BCUT2D eigenvalue weighted by molar-refractivity contribution is -0.135. The van der Waals surface area contributed by atoms with Crippen LogP contribution in [0.5, 0.6) is 0 Å². The van der Waals surface area contributed by atoms with Crippen LogP contribution in [-0.2, 0) is 11.3 Å². The maximum atomic E-state index is 13.4. The van der Waals surface area contributed by atoms with E-state index in [0.717, 1.165) is 45.7 Å². The molecule has 0 unspecified atom stereocenters. The second kappa shape index (κ2) is 10.1. The van der Waals surface area contributed by atoms with Crippen molar-refractivity contribution >= 4 is 16.7 Å². The second-order valence-corrected chi connectivity index (χ2v) is 9.31. The summed E-state index contributed by atoms with van der Waals surface area (Å²) in [5.41, 5.74) is 1.29. The number of rotatable bonds is 7. The third kappa shape index (κ3) is 5.28. The number of benzene rings is 2. The van der Waals surface area contributed by atoms with Gasteiger partial charge in [0.2, 0.25) is 5.91 Å². The number of hydrogen-bond donors (Lipinski definition) is 1. The van der Waals surface area contributed by atoms with Crippen LogP contribution in [0, 0.1) is 0 Å². The Balaban J connectivity index is 1.49. The van der Waals surface area contributed by atoms with E-state index in [1.807, 2.05) is 4.90 Å². The Morgan fingerprint density at radius 3 is 2.45 bits per heavy atom. The molecule has 4 rings (SSSR count). The van der Waals surface area contributed by atoms with Crippen molar-refractivity contribution in [3.63, 3.8) is 0 Å². The van der Waals surface area contributed by atoms with Crippen LogP contribution in [0.25, 0.3) is 10.8 Å². The average molecular weight is 423 g/mol. The summed E-state index contributed by atoms with van der Waals surface area (Å²) in [5, 5.41) is 6.44. The molecule has 0 bridgehead atoms. The van der Waals surface area contributed by atoms with Crippen LogP contribution in [0.3, 0.4) is 0 Å². The van der Waals surface area contributed by atoms with Crippen LogP contribution in [0.15, 0.2) is 42.5 Å². The highest BCUT2D eigenvalue weighted by Gasteiger charge is 2.39. The van der Waals surface area contributed by atoms with Gasteiger partial charge in [0.25, 0.3) is 0 Å². The molecule has 2 saturated heterocycles. The fourth-order valence-corrected chi connectivity index (χ4v) is 5.28. The van der Waals surface area contributed by atoms with E-state index in [0.29, 0.717) is 18.0 Å². The van der Waals surface area contributed by atoms with Gasteiger partial charge in [-0.15, -0.1) is 0 Å². The highest BCUT2D eigenvalue weighted by Crippen LogP contribution is 2.25. The smallest absolute Gasteiger partial charge is 0.239 e. The number of nitrogens with zero attached hydrogens (tertiary/aromatic N) is 3. The Labute approximate surface area is 187 Å². The summed E-state index contributed by atoms with van der Waals surface area (Å²) in [6.45, 7) is 9.81. The monoisotopic (exact) mass is 422 g/mol. The minimum atomic E-state index is -0.0323. The van der Waals surface area contributed by atoms with Gasteiger partial charge in [0.05, 0.1) is 6.04 Å². The molecule has 168 valence electrons. The highest BCUT2D eigenvalue weighted by atomic mass is 16.2. The molecule has 5 nitrogen and oxygen atoms in total. The highest BCUT2D eigenvalue weighted by molar-refractivity contribution is 5.83. The number of carbonyl (C=O) groups is 1. The Hall–Kier alpha value is -1.95. The number of fused-ring (bicyclic) bond motifs is 1. The number of hydrogen-bond acceptors (Lipinski definition) is 4. The van der Waals surface area contributed by atoms with Crippen LogP contribution in [0.2, 0.25) is 0 Å². The first-order valence-electron chi connectivity index (χ1n) is 12.0. The number of piperidine rings is 1. The minimum absolute atomic E-state index is 0.0323. The van der Waals surface area contributed by atoms with Crippen molar-refractivity contribution < 1.29 is 4.79 Å². The molecule has 0 aromatic heterocycles. The van der Waals surface area contributed by atoms with Crippen molar-refractivity contribution in [3.8, 4) is 0 Å². The molecule has 2 heterocycles. The van der Waals surface area contributed by atoms with Crippen molar-refractivity contribution in [1.29, 1.82) is 0 Å². The number of amides is 1. The van der Waals surface area contributed by atoms with E-state index in [4.69, 9.17) is 0 Å². The first kappa shape index (κ1) is 22.3. The predicted molar refractivity (Wildman–Crippen MR) is 128 cm³/mol. The summed E-state index contributed by atoms with van der Waals surface area (Å²) < 4.78 is 0. The summed E-state index contributed by atoms with van der Waals surface area (Å²) in [6, 6.07) is 16.1. The fraction of sp³-hybridized carbons (Fsp3) is 0.577. The number of carbonyl (C=O) groups excluding carboxylic acids is 1. The van der Waals surface area contributed by atoms with Gasteiger partial charge < -0.3 is 15.1 Å². The largest absolute Gasteiger partial charge is 0.342 e. The van der Waals surface area contributed by atoms with Crippen molar-refractivity contribution in [1.82, 2.24) is 20.0 Å². The van der Waals surface area contributed by atoms with E-state index in [1.54, 1.807) is 0 Å². The van der Waals surface area contributed by atoms with Crippen molar-refractivity contribution in [3.05, 3.63) is 48.0 Å². The molecule has 5 heteroatoms. The molecule has 0 spiro atoms. The summed E-state index contributed by atoms with van der Waals surface area (Å²) in [5.74, 6) is 0.290. The van der Waals surface area contributed by atoms with Crippen LogP contribution in [-0.4, -0.2) is 78.5 Å². The topological polar surface area (TPSA) is 38.8 Å². The molecular formula is C26H38N4O. The first-order valence-corrected chi connectivity index (χ1v) is 12.0. The van der Waals surface area contributed by atoms with Gasteiger partial charge in [-0.1, -0.05) is 36.4 Å². The lowest BCUT2D eigenvalue weighted by atomic mass is 10.0. The molecule has 1 amide bonds. The Kier molecular flexibility index (Phi) is 7.26. The van der Waals surface area contributed by atoms with Gasteiger partial charge in [-0.2, -0.15) is 0 Å². The molecule has 0 radical (unpaired) electrons. The zero-order chi connectivity index (χ0) is 21.8. The van der Waals surface area contributed by atoms with Gasteiger partial charge in [0.15, 0.2) is 0 Å². The molecule has 31 heavy (non-hydrogen) atoms. The summed E-state index contributed by atoms with van der Waals surface area (Å²) >= 11 is 0. The molecular weight excluding hydrogens is 384 g/mol. The third-order valence-corrected chi connectivity index (χ3v) is 7.15. The third-order valence-electron chi connectivity index (χ3n) is 7.15. The van der Waals surface area contributed by atoms with E-state index < -0.39 is 0 Å². The van der Waals surface area contributed by atoms with Gasteiger partial charge >= 0.3 is 0 Å². The number of likely N-dealkylation sites (tertiary alicyclic amines) is 2.